The van der Waals surface area contributed by atoms with E-state index >= 15 is 0 Å². The SMILES string of the molecule is COc1ccc(CN(Cc2ccc(OC)cc2)c2cnc3cc(C)sc3n2)cc1. The molecular formula is C23H23N3O2S. The number of fused-ring (bicyclic) bond motifs is 1. The molecule has 0 fully saturated rings. The molecule has 4 rings (SSSR count). The van der Waals surface area contributed by atoms with Crippen molar-refractivity contribution in [3.8, 4) is 11.5 Å². The fraction of sp³-hybridized carbons (Fsp3) is 0.217. The van der Waals surface area contributed by atoms with Crippen molar-refractivity contribution >= 4 is 27.5 Å². The van der Waals surface area contributed by atoms with E-state index in [1.54, 1.807) is 25.6 Å². The Morgan fingerprint density at radius 2 is 1.41 bits per heavy atom. The molecule has 148 valence electrons. The van der Waals surface area contributed by atoms with Crippen LogP contribution in [0.25, 0.3) is 10.3 Å². The third-order valence-corrected chi connectivity index (χ3v) is 5.67. The summed E-state index contributed by atoms with van der Waals surface area (Å²) in [6, 6.07) is 18.4. The highest BCUT2D eigenvalue weighted by Gasteiger charge is 2.13. The van der Waals surface area contributed by atoms with Gasteiger partial charge in [-0.2, -0.15) is 0 Å². The summed E-state index contributed by atoms with van der Waals surface area (Å²) in [5.41, 5.74) is 3.32. The number of nitrogens with zero attached hydrogens (tertiary/aromatic N) is 3. The third-order valence-electron chi connectivity index (χ3n) is 4.74. The summed E-state index contributed by atoms with van der Waals surface area (Å²) < 4.78 is 10.6. The fourth-order valence-electron chi connectivity index (χ4n) is 3.19. The molecule has 2 aromatic heterocycles. The first-order valence-electron chi connectivity index (χ1n) is 9.38. The summed E-state index contributed by atoms with van der Waals surface area (Å²) in [4.78, 5) is 13.9. The summed E-state index contributed by atoms with van der Waals surface area (Å²) in [5, 5.41) is 0. The predicted octanol–water partition coefficient (Wildman–Crippen LogP) is 5.22. The number of thiophene rings is 1. The first-order chi connectivity index (χ1) is 14.1. The van der Waals surface area contributed by atoms with Crippen LogP contribution >= 0.6 is 11.3 Å². The number of aromatic nitrogens is 2. The lowest BCUT2D eigenvalue weighted by molar-refractivity contribution is 0.414. The number of hydrogen-bond donors (Lipinski definition) is 0. The Balaban J connectivity index is 1.65. The minimum absolute atomic E-state index is 0.723. The minimum atomic E-state index is 0.723. The Morgan fingerprint density at radius 3 is 1.93 bits per heavy atom. The number of hydrogen-bond acceptors (Lipinski definition) is 6. The molecule has 5 nitrogen and oxygen atoms in total. The second-order valence-corrected chi connectivity index (χ2v) is 8.06. The van der Waals surface area contributed by atoms with Crippen molar-refractivity contribution < 1.29 is 9.47 Å². The van der Waals surface area contributed by atoms with Gasteiger partial charge in [0.1, 0.15) is 27.7 Å². The molecule has 0 radical (unpaired) electrons. The van der Waals surface area contributed by atoms with Gasteiger partial charge in [0.25, 0.3) is 0 Å². The number of methoxy groups -OCH3 is 2. The first-order valence-corrected chi connectivity index (χ1v) is 10.2. The number of rotatable bonds is 7. The highest BCUT2D eigenvalue weighted by Crippen LogP contribution is 2.26. The van der Waals surface area contributed by atoms with Gasteiger partial charge in [-0.15, -0.1) is 11.3 Å². The molecule has 0 saturated heterocycles. The summed E-state index contributed by atoms with van der Waals surface area (Å²) >= 11 is 1.67. The smallest absolute Gasteiger partial charge is 0.149 e. The van der Waals surface area contributed by atoms with Crippen LogP contribution in [0.2, 0.25) is 0 Å². The van der Waals surface area contributed by atoms with Crippen molar-refractivity contribution in [1.29, 1.82) is 0 Å². The van der Waals surface area contributed by atoms with E-state index in [9.17, 15) is 0 Å². The summed E-state index contributed by atoms with van der Waals surface area (Å²) in [5.74, 6) is 2.57. The zero-order valence-corrected chi connectivity index (χ0v) is 17.6. The number of anilines is 1. The quantitative estimate of drug-likeness (QED) is 0.422. The normalized spacial score (nSPS) is 10.9. The summed E-state index contributed by atoms with van der Waals surface area (Å²) in [7, 11) is 3.36. The molecule has 2 aromatic carbocycles. The van der Waals surface area contributed by atoms with Gasteiger partial charge in [0.05, 0.1) is 20.4 Å². The Bertz CT molecular complexity index is 1040. The van der Waals surface area contributed by atoms with Gasteiger partial charge < -0.3 is 14.4 Å². The van der Waals surface area contributed by atoms with Crippen molar-refractivity contribution in [2.75, 3.05) is 19.1 Å². The van der Waals surface area contributed by atoms with E-state index in [2.05, 4.69) is 47.1 Å². The van der Waals surface area contributed by atoms with Gasteiger partial charge in [-0.1, -0.05) is 24.3 Å². The van der Waals surface area contributed by atoms with Crippen molar-refractivity contribution in [3.63, 3.8) is 0 Å². The van der Waals surface area contributed by atoms with Gasteiger partial charge in [-0.05, 0) is 48.4 Å². The molecule has 2 heterocycles. The van der Waals surface area contributed by atoms with Gasteiger partial charge >= 0.3 is 0 Å². The van der Waals surface area contributed by atoms with Crippen molar-refractivity contribution in [2.45, 2.75) is 20.0 Å². The Kier molecular flexibility index (Phi) is 5.62. The van der Waals surface area contributed by atoms with E-state index in [0.717, 1.165) is 40.8 Å². The predicted molar refractivity (Wildman–Crippen MR) is 118 cm³/mol. The molecule has 29 heavy (non-hydrogen) atoms. The summed E-state index contributed by atoms with van der Waals surface area (Å²) in [6.07, 6.45) is 1.86. The number of ether oxygens (including phenoxy) is 2. The molecule has 0 aliphatic rings. The van der Waals surface area contributed by atoms with Crippen LogP contribution in [0.5, 0.6) is 11.5 Å². The van der Waals surface area contributed by atoms with Gasteiger partial charge in [0, 0.05) is 18.0 Å². The zero-order valence-electron chi connectivity index (χ0n) is 16.8. The van der Waals surface area contributed by atoms with Crippen LogP contribution in [0.3, 0.4) is 0 Å². The minimum Gasteiger partial charge on any atom is -0.497 e. The summed E-state index contributed by atoms with van der Waals surface area (Å²) in [6.45, 7) is 3.53. The molecule has 0 N–H and O–H groups in total. The second-order valence-electron chi connectivity index (χ2n) is 6.83. The maximum Gasteiger partial charge on any atom is 0.149 e. The van der Waals surface area contributed by atoms with Gasteiger partial charge in [0.2, 0.25) is 0 Å². The lowest BCUT2D eigenvalue weighted by Gasteiger charge is -2.24. The third kappa shape index (κ3) is 4.49. The van der Waals surface area contributed by atoms with Crippen LogP contribution < -0.4 is 14.4 Å². The molecule has 0 aliphatic heterocycles. The highest BCUT2D eigenvalue weighted by molar-refractivity contribution is 7.18. The topological polar surface area (TPSA) is 47.5 Å². The zero-order chi connectivity index (χ0) is 20.2. The van der Waals surface area contributed by atoms with Crippen molar-refractivity contribution in [2.24, 2.45) is 0 Å². The van der Waals surface area contributed by atoms with Gasteiger partial charge in [0.15, 0.2) is 0 Å². The fourth-order valence-corrected chi connectivity index (χ4v) is 4.03. The molecular weight excluding hydrogens is 382 g/mol. The van der Waals surface area contributed by atoms with E-state index in [0.29, 0.717) is 0 Å². The van der Waals surface area contributed by atoms with E-state index in [1.807, 2.05) is 30.5 Å². The Labute approximate surface area is 174 Å². The van der Waals surface area contributed by atoms with Gasteiger partial charge in [-0.25, -0.2) is 9.97 Å². The largest absolute Gasteiger partial charge is 0.497 e. The molecule has 0 bridgehead atoms. The van der Waals surface area contributed by atoms with Crippen LogP contribution in [-0.2, 0) is 13.1 Å². The Morgan fingerprint density at radius 1 is 0.862 bits per heavy atom. The molecule has 0 saturated carbocycles. The van der Waals surface area contributed by atoms with Crippen molar-refractivity contribution in [3.05, 3.63) is 76.8 Å². The highest BCUT2D eigenvalue weighted by atomic mass is 32.1. The van der Waals surface area contributed by atoms with Crippen LogP contribution in [0.15, 0.2) is 60.8 Å². The molecule has 4 aromatic rings. The second kappa shape index (κ2) is 8.49. The molecule has 0 amide bonds. The molecule has 0 spiro atoms. The van der Waals surface area contributed by atoms with Gasteiger partial charge in [-0.3, -0.25) is 0 Å². The van der Waals surface area contributed by atoms with Crippen LogP contribution in [0, 0.1) is 6.92 Å². The molecule has 6 heteroatoms. The van der Waals surface area contributed by atoms with Crippen LogP contribution in [0.1, 0.15) is 16.0 Å². The van der Waals surface area contributed by atoms with E-state index in [4.69, 9.17) is 14.5 Å². The first kappa shape index (κ1) is 19.2. The average molecular weight is 406 g/mol. The average Bonchev–Trinajstić information content (AvgIpc) is 3.13. The van der Waals surface area contributed by atoms with Crippen molar-refractivity contribution in [1.82, 2.24) is 9.97 Å². The molecule has 0 unspecified atom stereocenters. The lowest BCUT2D eigenvalue weighted by Crippen LogP contribution is -2.23. The van der Waals surface area contributed by atoms with Crippen LogP contribution in [-0.4, -0.2) is 24.2 Å². The Hall–Kier alpha value is -3.12. The lowest BCUT2D eigenvalue weighted by atomic mass is 10.1. The molecule has 0 aliphatic carbocycles. The maximum absolute atomic E-state index is 5.28. The van der Waals surface area contributed by atoms with Crippen LogP contribution in [0.4, 0.5) is 5.82 Å². The van der Waals surface area contributed by atoms with E-state index < -0.39 is 0 Å². The van der Waals surface area contributed by atoms with E-state index in [-0.39, 0.29) is 0 Å². The maximum atomic E-state index is 5.28. The number of aryl methyl sites for hydroxylation is 1. The number of benzene rings is 2. The monoisotopic (exact) mass is 405 g/mol. The standard InChI is InChI=1S/C23H23N3O2S/c1-16-12-21-23(29-16)25-22(13-24-21)26(14-17-4-8-19(27-2)9-5-17)15-18-6-10-20(28-3)11-7-18/h4-13H,14-15H2,1-3H3. The molecule has 0 atom stereocenters. The van der Waals surface area contributed by atoms with E-state index in [1.165, 1.54) is 16.0 Å².